The minimum atomic E-state index is -4.60. The molecule has 1 aromatic rings. The van der Waals surface area contributed by atoms with E-state index < -0.39 is 22.7 Å². The molecule has 104 valence electrons. The van der Waals surface area contributed by atoms with Crippen molar-refractivity contribution < 1.29 is 26.3 Å². The molecule has 10 heteroatoms. The number of nitrogens with one attached hydrogen (secondary N) is 1. The molecule has 0 radical (unpaired) electrons. The number of alkyl halides is 3. The van der Waals surface area contributed by atoms with E-state index in [0.29, 0.717) is 13.2 Å². The first kappa shape index (κ1) is 14.9. The molecule has 0 saturated heterocycles. The average Bonchev–Trinajstić information content (AvgIpc) is 2.72. The highest BCUT2D eigenvalue weighted by atomic mass is 32.2. The van der Waals surface area contributed by atoms with E-state index >= 15 is 0 Å². The third-order valence-corrected chi connectivity index (χ3v) is 3.26. The van der Waals surface area contributed by atoms with Crippen LogP contribution < -0.4 is 4.72 Å². The monoisotopic (exact) mass is 287 g/mol. The van der Waals surface area contributed by atoms with Crippen LogP contribution in [-0.2, 0) is 21.3 Å². The van der Waals surface area contributed by atoms with Gasteiger partial charge in [0, 0.05) is 13.3 Å². The fourth-order valence-electron chi connectivity index (χ4n) is 1.05. The van der Waals surface area contributed by atoms with Crippen LogP contribution in [0.4, 0.5) is 13.2 Å². The molecule has 1 N–H and O–H groups in total. The van der Waals surface area contributed by atoms with Gasteiger partial charge in [-0.05, 0) is 0 Å². The second kappa shape index (κ2) is 5.67. The molecule has 0 bridgehead atoms. The summed E-state index contributed by atoms with van der Waals surface area (Å²) in [7, 11) is -2.73. The molecule has 0 spiro atoms. The lowest BCUT2D eigenvalue weighted by atomic mass is 10.7. The Hall–Kier alpha value is -1.13. The number of hydrogen-bond donors (Lipinski definition) is 1. The van der Waals surface area contributed by atoms with Crippen molar-refractivity contribution in [3.63, 3.8) is 0 Å². The molecule has 0 amide bonds. The molecule has 0 aliphatic rings. The zero-order valence-electron chi connectivity index (χ0n) is 9.44. The van der Waals surface area contributed by atoms with E-state index in [1.165, 1.54) is 16.5 Å². The maximum Gasteiger partial charge on any atom is 0.402 e. The average molecular weight is 287 g/mol. The number of methoxy groups -OCH3 is 1. The first-order valence-corrected chi connectivity index (χ1v) is 6.31. The summed E-state index contributed by atoms with van der Waals surface area (Å²) in [5.41, 5.74) is 0. The van der Waals surface area contributed by atoms with Crippen molar-refractivity contribution in [2.75, 3.05) is 20.3 Å². The fraction of sp³-hybridized carbons (Fsp3) is 0.625. The molecule has 0 atom stereocenters. The standard InChI is InChI=1S/C8H12F3N3O3S/c1-17-3-2-14-5-7(4-12-14)18(15,16)13-6-8(9,10)11/h4-5,13H,2-3,6H2,1H3. The minimum absolute atomic E-state index is 0.311. The van der Waals surface area contributed by atoms with E-state index in [2.05, 4.69) is 5.10 Å². The van der Waals surface area contributed by atoms with Gasteiger partial charge < -0.3 is 4.74 Å². The molecule has 0 aliphatic heterocycles. The van der Waals surface area contributed by atoms with E-state index in [0.717, 1.165) is 12.4 Å². The van der Waals surface area contributed by atoms with E-state index in [1.54, 1.807) is 0 Å². The summed E-state index contributed by atoms with van der Waals surface area (Å²) in [5.74, 6) is 0. The molecular formula is C8H12F3N3O3S. The van der Waals surface area contributed by atoms with Gasteiger partial charge in [0.15, 0.2) is 0 Å². The highest BCUT2D eigenvalue weighted by Crippen LogP contribution is 2.14. The highest BCUT2D eigenvalue weighted by Gasteiger charge is 2.30. The van der Waals surface area contributed by atoms with Gasteiger partial charge in [0.2, 0.25) is 10.0 Å². The van der Waals surface area contributed by atoms with E-state index in [4.69, 9.17) is 4.74 Å². The van der Waals surface area contributed by atoms with Crippen LogP contribution in [0.5, 0.6) is 0 Å². The second-order valence-corrected chi connectivity index (χ2v) is 5.14. The summed E-state index contributed by atoms with van der Waals surface area (Å²) in [6, 6.07) is 0. The first-order valence-electron chi connectivity index (χ1n) is 4.82. The zero-order chi connectivity index (χ0) is 13.8. The summed E-state index contributed by atoms with van der Waals surface area (Å²) >= 11 is 0. The van der Waals surface area contributed by atoms with Gasteiger partial charge in [-0.1, -0.05) is 0 Å². The van der Waals surface area contributed by atoms with Gasteiger partial charge in [-0.2, -0.15) is 18.3 Å². The lowest BCUT2D eigenvalue weighted by Crippen LogP contribution is -2.33. The van der Waals surface area contributed by atoms with E-state index in [-0.39, 0.29) is 4.90 Å². The van der Waals surface area contributed by atoms with Crippen molar-refractivity contribution in [2.45, 2.75) is 17.6 Å². The van der Waals surface area contributed by atoms with Crippen LogP contribution >= 0.6 is 0 Å². The Kier molecular flexibility index (Phi) is 4.71. The number of halogens is 3. The van der Waals surface area contributed by atoms with Gasteiger partial charge in [0.25, 0.3) is 0 Å². The van der Waals surface area contributed by atoms with E-state index in [1.807, 2.05) is 0 Å². The van der Waals surface area contributed by atoms with Crippen molar-refractivity contribution in [1.29, 1.82) is 0 Å². The third kappa shape index (κ3) is 4.63. The van der Waals surface area contributed by atoms with Gasteiger partial charge in [0.1, 0.15) is 11.4 Å². The van der Waals surface area contributed by atoms with Crippen LogP contribution in [-0.4, -0.2) is 44.6 Å². The molecule has 0 aromatic carbocycles. The van der Waals surface area contributed by atoms with Crippen LogP contribution in [0.3, 0.4) is 0 Å². The first-order chi connectivity index (χ1) is 8.24. The van der Waals surface area contributed by atoms with Gasteiger partial charge in [-0.25, -0.2) is 13.1 Å². The number of sulfonamides is 1. The molecule has 0 saturated carbocycles. The van der Waals surface area contributed by atoms with E-state index in [9.17, 15) is 21.6 Å². The van der Waals surface area contributed by atoms with Crippen LogP contribution in [0.15, 0.2) is 17.3 Å². The van der Waals surface area contributed by atoms with Crippen molar-refractivity contribution in [1.82, 2.24) is 14.5 Å². The SMILES string of the molecule is COCCn1cc(S(=O)(=O)NCC(F)(F)F)cn1. The third-order valence-electron chi connectivity index (χ3n) is 1.91. The Bertz CT molecular complexity index is 483. The summed E-state index contributed by atoms with van der Waals surface area (Å²) in [6.45, 7) is -0.985. The lowest BCUT2D eigenvalue weighted by Gasteiger charge is -2.07. The van der Waals surface area contributed by atoms with Gasteiger partial charge in [0.05, 0.1) is 19.3 Å². The minimum Gasteiger partial charge on any atom is -0.383 e. The smallest absolute Gasteiger partial charge is 0.383 e. The van der Waals surface area contributed by atoms with Crippen molar-refractivity contribution in [3.05, 3.63) is 12.4 Å². The number of rotatable bonds is 6. The Balaban J connectivity index is 2.70. The van der Waals surface area contributed by atoms with Crippen molar-refractivity contribution >= 4 is 10.0 Å². The summed E-state index contributed by atoms with van der Waals surface area (Å²) in [4.78, 5) is -0.317. The molecule has 1 rings (SSSR count). The molecule has 0 fully saturated rings. The van der Waals surface area contributed by atoms with Crippen LogP contribution in [0, 0.1) is 0 Å². The van der Waals surface area contributed by atoms with Crippen LogP contribution in [0.2, 0.25) is 0 Å². The maximum absolute atomic E-state index is 11.9. The summed E-state index contributed by atoms with van der Waals surface area (Å²) < 4.78 is 66.1. The van der Waals surface area contributed by atoms with Gasteiger partial charge in [-0.3, -0.25) is 4.68 Å². The molecule has 1 heterocycles. The van der Waals surface area contributed by atoms with Gasteiger partial charge >= 0.3 is 6.18 Å². The number of nitrogens with zero attached hydrogens (tertiary/aromatic N) is 2. The summed E-state index contributed by atoms with van der Waals surface area (Å²) in [5, 5.41) is 3.70. The largest absolute Gasteiger partial charge is 0.402 e. The summed E-state index contributed by atoms with van der Waals surface area (Å²) in [6.07, 6.45) is -2.48. The fourth-order valence-corrected chi connectivity index (χ4v) is 2.02. The Morgan fingerprint density at radius 2 is 2.17 bits per heavy atom. The predicted molar refractivity (Wildman–Crippen MR) is 55.3 cm³/mol. The predicted octanol–water partition coefficient (Wildman–Crippen LogP) is 0.370. The van der Waals surface area contributed by atoms with Crippen LogP contribution in [0.25, 0.3) is 0 Å². The molecule has 1 aromatic heterocycles. The molecule has 18 heavy (non-hydrogen) atoms. The molecular weight excluding hydrogens is 275 g/mol. The quantitative estimate of drug-likeness (QED) is 0.820. The number of hydrogen-bond acceptors (Lipinski definition) is 4. The number of ether oxygens (including phenoxy) is 1. The molecule has 0 aliphatic carbocycles. The topological polar surface area (TPSA) is 73.2 Å². The maximum atomic E-state index is 11.9. The molecule has 6 nitrogen and oxygen atoms in total. The van der Waals surface area contributed by atoms with Gasteiger partial charge in [-0.15, -0.1) is 0 Å². The van der Waals surface area contributed by atoms with Crippen LogP contribution in [0.1, 0.15) is 0 Å². The van der Waals surface area contributed by atoms with Crippen molar-refractivity contribution in [3.8, 4) is 0 Å². The Labute approximate surface area is 102 Å². The normalized spacial score (nSPS) is 12.9. The second-order valence-electron chi connectivity index (χ2n) is 3.37. The molecule has 0 unspecified atom stereocenters. The highest BCUT2D eigenvalue weighted by molar-refractivity contribution is 7.89. The number of aromatic nitrogens is 2. The zero-order valence-corrected chi connectivity index (χ0v) is 10.3. The Morgan fingerprint density at radius 1 is 1.50 bits per heavy atom. The Morgan fingerprint density at radius 3 is 2.72 bits per heavy atom. The lowest BCUT2D eigenvalue weighted by molar-refractivity contribution is -0.121. The van der Waals surface area contributed by atoms with Crippen molar-refractivity contribution in [2.24, 2.45) is 0 Å².